The second-order valence-corrected chi connectivity index (χ2v) is 5.19. The maximum Gasteiger partial charge on any atom is 0.203 e. The Kier molecular flexibility index (Phi) is 6.07. The number of carbonyl (C=O) groups excluding carboxylic acids is 1. The van der Waals surface area contributed by atoms with Crippen LogP contribution in [0.15, 0.2) is 36.4 Å². The largest absolute Gasteiger partial charge is 0.497 e. The van der Waals surface area contributed by atoms with Crippen LogP contribution in [0.25, 0.3) is 0 Å². The minimum Gasteiger partial charge on any atom is -0.497 e. The van der Waals surface area contributed by atoms with Crippen molar-refractivity contribution in [2.24, 2.45) is 0 Å². The van der Waals surface area contributed by atoms with Crippen molar-refractivity contribution in [2.45, 2.75) is 12.8 Å². The number of ketones is 1. The average molecular weight is 330 g/mol. The van der Waals surface area contributed by atoms with Gasteiger partial charge in [-0.2, -0.15) is 0 Å². The molecule has 0 bridgehead atoms. The molecule has 0 aliphatic rings. The maximum absolute atomic E-state index is 12.4. The first-order chi connectivity index (χ1) is 11.6. The zero-order valence-corrected chi connectivity index (χ0v) is 14.4. The molecule has 5 heteroatoms. The molecule has 24 heavy (non-hydrogen) atoms. The lowest BCUT2D eigenvalue weighted by Gasteiger charge is -2.14. The van der Waals surface area contributed by atoms with Gasteiger partial charge < -0.3 is 18.9 Å². The molecule has 0 aliphatic heterocycles. The van der Waals surface area contributed by atoms with Gasteiger partial charge in [0.2, 0.25) is 5.75 Å². The molecule has 5 nitrogen and oxygen atoms in total. The molecule has 0 spiro atoms. The summed E-state index contributed by atoms with van der Waals surface area (Å²) in [5.41, 5.74) is 1.59. The third kappa shape index (κ3) is 3.98. The first-order valence-corrected chi connectivity index (χ1v) is 7.59. The van der Waals surface area contributed by atoms with Gasteiger partial charge >= 0.3 is 0 Å². The molecule has 2 aromatic carbocycles. The van der Waals surface area contributed by atoms with E-state index in [1.807, 2.05) is 24.3 Å². The van der Waals surface area contributed by atoms with Crippen molar-refractivity contribution >= 4 is 5.78 Å². The van der Waals surface area contributed by atoms with Gasteiger partial charge in [-0.15, -0.1) is 0 Å². The van der Waals surface area contributed by atoms with Gasteiger partial charge in [0.1, 0.15) is 5.75 Å². The summed E-state index contributed by atoms with van der Waals surface area (Å²) in [6, 6.07) is 10.9. The summed E-state index contributed by atoms with van der Waals surface area (Å²) >= 11 is 0. The van der Waals surface area contributed by atoms with E-state index < -0.39 is 0 Å². The van der Waals surface area contributed by atoms with E-state index in [2.05, 4.69) is 0 Å². The van der Waals surface area contributed by atoms with Crippen molar-refractivity contribution in [1.82, 2.24) is 0 Å². The van der Waals surface area contributed by atoms with E-state index in [1.165, 1.54) is 0 Å². The van der Waals surface area contributed by atoms with Gasteiger partial charge in [-0.1, -0.05) is 12.1 Å². The normalized spacial score (nSPS) is 10.2. The Bertz CT molecular complexity index is 684. The topological polar surface area (TPSA) is 54.0 Å². The predicted octanol–water partition coefficient (Wildman–Crippen LogP) is 3.54. The first-order valence-electron chi connectivity index (χ1n) is 7.59. The predicted molar refractivity (Wildman–Crippen MR) is 91.7 cm³/mol. The Hall–Kier alpha value is -2.69. The lowest BCUT2D eigenvalue weighted by atomic mass is 10.0. The highest BCUT2D eigenvalue weighted by Gasteiger charge is 2.14. The fourth-order valence-corrected chi connectivity index (χ4v) is 2.48. The second-order valence-electron chi connectivity index (χ2n) is 5.19. The maximum atomic E-state index is 12.4. The molecule has 0 unspecified atom stereocenters. The number of carbonyl (C=O) groups is 1. The van der Waals surface area contributed by atoms with Crippen LogP contribution in [0.2, 0.25) is 0 Å². The van der Waals surface area contributed by atoms with E-state index in [0.717, 1.165) is 5.56 Å². The summed E-state index contributed by atoms with van der Waals surface area (Å²) in [4.78, 5) is 12.4. The van der Waals surface area contributed by atoms with Crippen LogP contribution in [0.4, 0.5) is 0 Å². The lowest BCUT2D eigenvalue weighted by Crippen LogP contribution is -2.03. The van der Waals surface area contributed by atoms with Crippen LogP contribution in [0.1, 0.15) is 22.3 Å². The van der Waals surface area contributed by atoms with Crippen molar-refractivity contribution in [3.05, 3.63) is 47.5 Å². The molecule has 0 radical (unpaired) electrons. The highest BCUT2D eigenvalue weighted by Crippen LogP contribution is 2.38. The fourth-order valence-electron chi connectivity index (χ4n) is 2.48. The summed E-state index contributed by atoms with van der Waals surface area (Å²) in [5.74, 6) is 2.44. The number of Topliss-reactive ketones (excluding diaryl/α,β-unsaturated/α-hetero) is 1. The van der Waals surface area contributed by atoms with Crippen LogP contribution in [-0.2, 0) is 6.42 Å². The minimum absolute atomic E-state index is 0.0580. The second kappa shape index (κ2) is 8.24. The number of rotatable bonds is 8. The molecule has 0 aromatic heterocycles. The van der Waals surface area contributed by atoms with Crippen molar-refractivity contribution in [2.75, 3.05) is 28.4 Å². The molecule has 0 amide bonds. The lowest BCUT2D eigenvalue weighted by molar-refractivity contribution is 0.0982. The molecule has 0 heterocycles. The van der Waals surface area contributed by atoms with Crippen LogP contribution in [-0.4, -0.2) is 34.2 Å². The summed E-state index contributed by atoms with van der Waals surface area (Å²) in [6.45, 7) is 0. The highest BCUT2D eigenvalue weighted by molar-refractivity contribution is 5.96. The standard InChI is InChI=1S/C19H22O5/c1-21-15-7-5-6-14(12-15)16(20)9-8-13-10-17(22-2)19(24-4)18(11-13)23-3/h5-7,10-12H,8-9H2,1-4H3. The van der Waals surface area contributed by atoms with Crippen LogP contribution in [0, 0.1) is 0 Å². The van der Waals surface area contributed by atoms with Crippen molar-refractivity contribution in [3.8, 4) is 23.0 Å². The molecule has 0 saturated carbocycles. The Morgan fingerprint density at radius 1 is 0.875 bits per heavy atom. The average Bonchev–Trinajstić information content (AvgIpc) is 2.64. The zero-order chi connectivity index (χ0) is 17.5. The minimum atomic E-state index is 0.0580. The summed E-state index contributed by atoms with van der Waals surface area (Å²) < 4.78 is 21.1. The summed E-state index contributed by atoms with van der Waals surface area (Å²) in [6.07, 6.45) is 0.957. The quantitative estimate of drug-likeness (QED) is 0.693. The van der Waals surface area contributed by atoms with Gasteiger partial charge in [-0.25, -0.2) is 0 Å². The fraction of sp³-hybridized carbons (Fsp3) is 0.316. The summed E-state index contributed by atoms with van der Waals surface area (Å²) in [7, 11) is 6.29. The Morgan fingerprint density at radius 3 is 2.08 bits per heavy atom. The molecular weight excluding hydrogens is 308 g/mol. The van der Waals surface area contributed by atoms with Gasteiger partial charge in [-0.3, -0.25) is 4.79 Å². The SMILES string of the molecule is COc1cccc(C(=O)CCc2cc(OC)c(OC)c(OC)c2)c1. The van der Waals surface area contributed by atoms with Crippen LogP contribution in [0.3, 0.4) is 0 Å². The third-order valence-electron chi connectivity index (χ3n) is 3.76. The molecule has 128 valence electrons. The number of benzene rings is 2. The molecule has 0 saturated heterocycles. The highest BCUT2D eigenvalue weighted by atomic mass is 16.5. The number of hydrogen-bond donors (Lipinski definition) is 0. The van der Waals surface area contributed by atoms with Gasteiger partial charge in [0.25, 0.3) is 0 Å². The number of methoxy groups -OCH3 is 4. The van der Waals surface area contributed by atoms with E-state index in [4.69, 9.17) is 18.9 Å². The van der Waals surface area contributed by atoms with Crippen LogP contribution < -0.4 is 18.9 Å². The van der Waals surface area contributed by atoms with E-state index in [0.29, 0.717) is 41.4 Å². The molecule has 0 N–H and O–H groups in total. The van der Waals surface area contributed by atoms with Crippen molar-refractivity contribution in [1.29, 1.82) is 0 Å². The third-order valence-corrected chi connectivity index (χ3v) is 3.76. The van der Waals surface area contributed by atoms with Crippen molar-refractivity contribution in [3.63, 3.8) is 0 Å². The van der Waals surface area contributed by atoms with E-state index in [9.17, 15) is 4.79 Å². The van der Waals surface area contributed by atoms with Gasteiger partial charge in [-0.05, 0) is 36.2 Å². The molecule has 0 fully saturated rings. The van der Waals surface area contributed by atoms with Gasteiger partial charge in [0, 0.05) is 12.0 Å². The Morgan fingerprint density at radius 2 is 1.54 bits per heavy atom. The van der Waals surface area contributed by atoms with E-state index in [1.54, 1.807) is 40.6 Å². The Labute approximate surface area is 142 Å². The van der Waals surface area contributed by atoms with Crippen molar-refractivity contribution < 1.29 is 23.7 Å². The van der Waals surface area contributed by atoms with E-state index in [-0.39, 0.29) is 5.78 Å². The van der Waals surface area contributed by atoms with Gasteiger partial charge in [0.15, 0.2) is 17.3 Å². The summed E-state index contributed by atoms with van der Waals surface area (Å²) in [5, 5.41) is 0. The van der Waals surface area contributed by atoms with Crippen LogP contribution in [0.5, 0.6) is 23.0 Å². The molecule has 0 atom stereocenters. The van der Waals surface area contributed by atoms with Gasteiger partial charge in [0.05, 0.1) is 28.4 Å². The number of aryl methyl sites for hydroxylation is 1. The van der Waals surface area contributed by atoms with E-state index >= 15 is 0 Å². The monoisotopic (exact) mass is 330 g/mol. The molecule has 2 rings (SSSR count). The molecular formula is C19H22O5. The first kappa shape index (κ1) is 17.7. The smallest absolute Gasteiger partial charge is 0.203 e. The molecule has 0 aliphatic carbocycles. The zero-order valence-electron chi connectivity index (χ0n) is 14.4. The number of ether oxygens (including phenoxy) is 4. The Balaban J connectivity index is 2.14. The van der Waals surface area contributed by atoms with Crippen LogP contribution >= 0.6 is 0 Å². The molecule has 2 aromatic rings. The number of hydrogen-bond acceptors (Lipinski definition) is 5.